The zero-order valence-electron chi connectivity index (χ0n) is 11.0. The van der Waals surface area contributed by atoms with Gasteiger partial charge in [0.2, 0.25) is 0 Å². The number of nitrogens with zero attached hydrogens (tertiary/aromatic N) is 1. The summed E-state index contributed by atoms with van der Waals surface area (Å²) in [6, 6.07) is 5.68. The third-order valence-corrected chi connectivity index (χ3v) is 4.60. The van der Waals surface area contributed by atoms with Gasteiger partial charge < -0.3 is 10.2 Å². The molecular weight excluding hydrogens is 328 g/mol. The molecule has 1 unspecified atom stereocenters. The van der Waals surface area contributed by atoms with Gasteiger partial charge in [0.15, 0.2) is 0 Å². The Balaban J connectivity index is 2.20. The maximum absolute atomic E-state index is 12.6. The molecule has 1 aromatic rings. The van der Waals surface area contributed by atoms with Gasteiger partial charge in [0.25, 0.3) is 5.91 Å². The van der Waals surface area contributed by atoms with Gasteiger partial charge in [-0.25, -0.2) is 0 Å². The van der Waals surface area contributed by atoms with Crippen LogP contribution in [0, 0.1) is 0 Å². The van der Waals surface area contributed by atoms with Crippen LogP contribution in [0.3, 0.4) is 0 Å². The van der Waals surface area contributed by atoms with Crippen molar-refractivity contribution in [3.63, 3.8) is 0 Å². The number of benzene rings is 1. The van der Waals surface area contributed by atoms with Crippen molar-refractivity contribution in [2.45, 2.75) is 25.8 Å². The van der Waals surface area contributed by atoms with Crippen molar-refractivity contribution >= 4 is 33.4 Å². The summed E-state index contributed by atoms with van der Waals surface area (Å²) in [5.74, 6) is 0.0740. The van der Waals surface area contributed by atoms with Crippen LogP contribution in [0.2, 0.25) is 5.02 Å². The molecule has 1 aromatic carbocycles. The maximum atomic E-state index is 12.6. The minimum atomic E-state index is 0.0740. The lowest BCUT2D eigenvalue weighted by Gasteiger charge is -2.28. The Kier molecular flexibility index (Phi) is 5.25. The van der Waals surface area contributed by atoms with Crippen LogP contribution in [0.4, 0.5) is 0 Å². The van der Waals surface area contributed by atoms with E-state index < -0.39 is 0 Å². The van der Waals surface area contributed by atoms with E-state index >= 15 is 0 Å². The minimum Gasteiger partial charge on any atom is -0.334 e. The highest BCUT2D eigenvalue weighted by Gasteiger charge is 2.26. The van der Waals surface area contributed by atoms with Crippen molar-refractivity contribution in [2.24, 2.45) is 0 Å². The molecule has 1 heterocycles. The fourth-order valence-electron chi connectivity index (χ4n) is 2.39. The maximum Gasteiger partial charge on any atom is 0.254 e. The summed E-state index contributed by atoms with van der Waals surface area (Å²) in [7, 11) is 0. The largest absolute Gasteiger partial charge is 0.334 e. The first-order valence-corrected chi connectivity index (χ1v) is 7.77. The van der Waals surface area contributed by atoms with Crippen molar-refractivity contribution in [2.75, 3.05) is 19.6 Å². The molecule has 0 saturated carbocycles. The van der Waals surface area contributed by atoms with Crippen LogP contribution in [0.1, 0.15) is 30.1 Å². The van der Waals surface area contributed by atoms with Gasteiger partial charge >= 0.3 is 0 Å². The third kappa shape index (κ3) is 3.50. The lowest BCUT2D eigenvalue weighted by Crippen LogP contribution is -2.42. The van der Waals surface area contributed by atoms with Gasteiger partial charge in [-0.05, 0) is 53.5 Å². The molecular formula is C14H18BrClN2O. The Morgan fingerprint density at radius 1 is 1.58 bits per heavy atom. The van der Waals surface area contributed by atoms with Gasteiger partial charge in [-0.15, -0.1) is 0 Å². The predicted octanol–water partition coefficient (Wildman–Crippen LogP) is 3.32. The smallest absolute Gasteiger partial charge is 0.254 e. The number of hydrogen-bond donors (Lipinski definition) is 1. The number of amides is 1. The third-order valence-electron chi connectivity index (χ3n) is 3.37. The first-order valence-electron chi connectivity index (χ1n) is 6.60. The Labute approximate surface area is 127 Å². The van der Waals surface area contributed by atoms with E-state index in [2.05, 4.69) is 28.2 Å². The molecule has 0 radical (unpaired) electrons. The quantitative estimate of drug-likeness (QED) is 0.908. The molecule has 3 nitrogen and oxygen atoms in total. The first kappa shape index (κ1) is 14.8. The number of hydrogen-bond acceptors (Lipinski definition) is 2. The van der Waals surface area contributed by atoms with Crippen molar-refractivity contribution in [3.05, 3.63) is 33.3 Å². The highest BCUT2D eigenvalue weighted by Crippen LogP contribution is 2.24. The molecule has 1 amide bonds. The molecule has 1 fully saturated rings. The number of nitrogens with one attached hydrogen (secondary N) is 1. The molecule has 0 spiro atoms. The summed E-state index contributed by atoms with van der Waals surface area (Å²) in [5, 5.41) is 3.89. The average Bonchev–Trinajstić information content (AvgIpc) is 2.92. The highest BCUT2D eigenvalue weighted by molar-refractivity contribution is 9.10. The molecule has 0 aliphatic carbocycles. The SMILES string of the molecule is CCCN(C(=O)c1ccc(Br)c(Cl)c1)C1CCNC1. The molecule has 0 bridgehead atoms. The second-order valence-electron chi connectivity index (χ2n) is 4.77. The summed E-state index contributed by atoms with van der Waals surface area (Å²) >= 11 is 9.42. The zero-order valence-corrected chi connectivity index (χ0v) is 13.3. The van der Waals surface area contributed by atoms with Crippen molar-refractivity contribution in [3.8, 4) is 0 Å². The molecule has 19 heavy (non-hydrogen) atoms. The van der Waals surface area contributed by atoms with Gasteiger partial charge in [0.05, 0.1) is 5.02 Å². The van der Waals surface area contributed by atoms with Crippen molar-refractivity contribution in [1.82, 2.24) is 10.2 Å². The van der Waals surface area contributed by atoms with E-state index in [9.17, 15) is 4.79 Å². The van der Waals surface area contributed by atoms with Crippen LogP contribution in [0.15, 0.2) is 22.7 Å². The van der Waals surface area contributed by atoms with Crippen LogP contribution >= 0.6 is 27.5 Å². The van der Waals surface area contributed by atoms with Crippen LogP contribution in [0.25, 0.3) is 0 Å². The molecule has 5 heteroatoms. The standard InChI is InChI=1S/C14H18BrClN2O/c1-2-7-18(11-5-6-17-9-11)14(19)10-3-4-12(15)13(16)8-10/h3-4,8,11,17H,2,5-7,9H2,1H3. The second-order valence-corrected chi connectivity index (χ2v) is 6.04. The summed E-state index contributed by atoms with van der Waals surface area (Å²) in [6.45, 7) is 4.76. The molecule has 1 aliphatic heterocycles. The summed E-state index contributed by atoms with van der Waals surface area (Å²) < 4.78 is 0.815. The van der Waals surface area contributed by atoms with E-state index in [0.717, 1.165) is 36.9 Å². The molecule has 1 saturated heterocycles. The van der Waals surface area contributed by atoms with E-state index in [-0.39, 0.29) is 5.91 Å². The fraction of sp³-hybridized carbons (Fsp3) is 0.500. The zero-order chi connectivity index (χ0) is 13.8. The summed E-state index contributed by atoms with van der Waals surface area (Å²) in [4.78, 5) is 14.6. The number of rotatable bonds is 4. The van der Waals surface area contributed by atoms with Crippen LogP contribution in [-0.4, -0.2) is 36.5 Å². The highest BCUT2D eigenvalue weighted by atomic mass is 79.9. The molecule has 1 atom stereocenters. The Morgan fingerprint density at radius 2 is 2.37 bits per heavy atom. The van der Waals surface area contributed by atoms with Crippen molar-refractivity contribution in [1.29, 1.82) is 0 Å². The number of carbonyl (C=O) groups excluding carboxylic acids is 1. The van der Waals surface area contributed by atoms with Gasteiger partial charge in [-0.2, -0.15) is 0 Å². The topological polar surface area (TPSA) is 32.3 Å². The van der Waals surface area contributed by atoms with E-state index in [0.29, 0.717) is 16.6 Å². The lowest BCUT2D eigenvalue weighted by molar-refractivity contribution is 0.0692. The molecule has 1 N–H and O–H groups in total. The predicted molar refractivity (Wildman–Crippen MR) is 81.8 cm³/mol. The average molecular weight is 346 g/mol. The van der Waals surface area contributed by atoms with Gasteiger partial charge in [-0.1, -0.05) is 18.5 Å². The number of carbonyl (C=O) groups is 1. The normalized spacial score (nSPS) is 18.6. The summed E-state index contributed by atoms with van der Waals surface area (Å²) in [5.41, 5.74) is 0.661. The summed E-state index contributed by atoms with van der Waals surface area (Å²) in [6.07, 6.45) is 1.99. The van der Waals surface area contributed by atoms with E-state index in [4.69, 9.17) is 11.6 Å². The van der Waals surface area contributed by atoms with Gasteiger partial charge in [-0.3, -0.25) is 4.79 Å². The van der Waals surface area contributed by atoms with Crippen LogP contribution in [0.5, 0.6) is 0 Å². The first-order chi connectivity index (χ1) is 9.13. The Hall–Kier alpha value is -0.580. The molecule has 1 aliphatic rings. The van der Waals surface area contributed by atoms with E-state index in [1.807, 2.05) is 17.0 Å². The van der Waals surface area contributed by atoms with E-state index in [1.165, 1.54) is 0 Å². The van der Waals surface area contributed by atoms with Crippen molar-refractivity contribution < 1.29 is 4.79 Å². The molecule has 2 rings (SSSR count). The van der Waals surface area contributed by atoms with Gasteiger partial charge in [0.1, 0.15) is 0 Å². The minimum absolute atomic E-state index is 0.0740. The fourth-order valence-corrected chi connectivity index (χ4v) is 2.82. The lowest BCUT2D eigenvalue weighted by atomic mass is 10.1. The number of halogens is 2. The molecule has 0 aromatic heterocycles. The van der Waals surface area contributed by atoms with Gasteiger partial charge in [0, 0.05) is 29.2 Å². The molecule has 104 valence electrons. The Bertz CT molecular complexity index is 461. The van der Waals surface area contributed by atoms with E-state index in [1.54, 1.807) is 6.07 Å². The second kappa shape index (κ2) is 6.73. The van der Waals surface area contributed by atoms with Crippen LogP contribution in [-0.2, 0) is 0 Å². The monoisotopic (exact) mass is 344 g/mol. The Morgan fingerprint density at radius 3 is 2.95 bits per heavy atom. The van der Waals surface area contributed by atoms with Crippen LogP contribution < -0.4 is 5.32 Å².